The maximum atomic E-state index is 12.5. The molecule has 0 spiro atoms. The van der Waals surface area contributed by atoms with Crippen LogP contribution >= 0.6 is 0 Å². The van der Waals surface area contributed by atoms with Crippen LogP contribution in [0.2, 0.25) is 0 Å². The molecule has 2 amide bonds. The molecule has 0 saturated heterocycles. The minimum atomic E-state index is -1.16. The van der Waals surface area contributed by atoms with Crippen LogP contribution in [-0.4, -0.2) is 54.3 Å². The number of benzene rings is 2. The van der Waals surface area contributed by atoms with Gasteiger partial charge < -0.3 is 14.2 Å². The minimum absolute atomic E-state index is 0.241. The van der Waals surface area contributed by atoms with E-state index in [4.69, 9.17) is 14.2 Å². The van der Waals surface area contributed by atoms with Crippen molar-refractivity contribution in [2.24, 2.45) is 0 Å². The second-order valence-corrected chi connectivity index (χ2v) is 6.94. The number of rotatable bonds is 5. The number of ketones is 1. The highest BCUT2D eigenvalue weighted by atomic mass is 16.5. The van der Waals surface area contributed by atoms with E-state index < -0.39 is 36.2 Å². The molecule has 1 atom stereocenters. The molecule has 2 aromatic rings. The van der Waals surface area contributed by atoms with E-state index in [9.17, 15) is 19.2 Å². The third kappa shape index (κ3) is 3.52. The standard InChI is InChI=1S/C22H19NO7/c1-13(23-20(25)15-5-2-3-6-16(15)21(23)26)22(27)30-12-17(24)14-7-8-18-19(11-14)29-10-4-9-28-18/h2-3,5-8,11,13H,4,9-10,12H2,1H3/t13-/m1/s1. The Morgan fingerprint density at radius 2 is 1.63 bits per heavy atom. The second kappa shape index (κ2) is 7.98. The zero-order chi connectivity index (χ0) is 21.3. The number of hydrogen-bond acceptors (Lipinski definition) is 7. The van der Waals surface area contributed by atoms with Crippen LogP contribution in [0.4, 0.5) is 0 Å². The summed E-state index contributed by atoms with van der Waals surface area (Å²) in [6.45, 7) is 1.89. The van der Waals surface area contributed by atoms with Crippen LogP contribution in [0.3, 0.4) is 0 Å². The summed E-state index contributed by atoms with van der Waals surface area (Å²) in [7, 11) is 0. The molecular weight excluding hydrogens is 390 g/mol. The Labute approximate surface area is 172 Å². The number of fused-ring (bicyclic) bond motifs is 2. The van der Waals surface area contributed by atoms with Gasteiger partial charge >= 0.3 is 5.97 Å². The average molecular weight is 409 g/mol. The van der Waals surface area contributed by atoms with E-state index in [1.807, 2.05) is 0 Å². The van der Waals surface area contributed by atoms with Gasteiger partial charge in [-0.05, 0) is 37.3 Å². The van der Waals surface area contributed by atoms with Crippen LogP contribution in [0.5, 0.6) is 11.5 Å². The van der Waals surface area contributed by atoms with Crippen molar-refractivity contribution in [2.75, 3.05) is 19.8 Å². The number of ether oxygens (including phenoxy) is 3. The third-order valence-electron chi connectivity index (χ3n) is 4.97. The molecule has 2 aliphatic heterocycles. The zero-order valence-corrected chi connectivity index (χ0v) is 16.3. The Morgan fingerprint density at radius 3 is 2.30 bits per heavy atom. The number of imide groups is 1. The lowest BCUT2D eigenvalue weighted by atomic mass is 10.1. The summed E-state index contributed by atoms with van der Waals surface area (Å²) in [5, 5.41) is 0. The lowest BCUT2D eigenvalue weighted by molar-refractivity contribution is -0.146. The average Bonchev–Trinajstić information content (AvgIpc) is 2.91. The first-order valence-corrected chi connectivity index (χ1v) is 9.54. The number of nitrogens with zero attached hydrogens (tertiary/aromatic N) is 1. The van der Waals surface area contributed by atoms with Gasteiger partial charge in [0.25, 0.3) is 11.8 Å². The van der Waals surface area contributed by atoms with Crippen molar-refractivity contribution in [1.29, 1.82) is 0 Å². The van der Waals surface area contributed by atoms with E-state index in [2.05, 4.69) is 0 Å². The minimum Gasteiger partial charge on any atom is -0.490 e. The Hall–Kier alpha value is -3.68. The fraction of sp³-hybridized carbons (Fsp3) is 0.273. The second-order valence-electron chi connectivity index (χ2n) is 6.94. The number of carbonyl (C=O) groups excluding carboxylic acids is 4. The van der Waals surface area contributed by atoms with Crippen molar-refractivity contribution in [2.45, 2.75) is 19.4 Å². The summed E-state index contributed by atoms with van der Waals surface area (Å²) >= 11 is 0. The summed E-state index contributed by atoms with van der Waals surface area (Å²) < 4.78 is 16.2. The quantitative estimate of drug-likeness (QED) is 0.424. The number of hydrogen-bond donors (Lipinski definition) is 0. The SMILES string of the molecule is C[C@H](C(=O)OCC(=O)c1ccc2c(c1)OCCCO2)N1C(=O)c2ccccc2C1=O. The van der Waals surface area contributed by atoms with Crippen molar-refractivity contribution in [3.8, 4) is 11.5 Å². The van der Waals surface area contributed by atoms with Crippen molar-refractivity contribution in [1.82, 2.24) is 4.90 Å². The number of Topliss-reactive ketones (excluding diaryl/α,β-unsaturated/α-hetero) is 1. The molecule has 154 valence electrons. The van der Waals surface area contributed by atoms with E-state index in [1.54, 1.807) is 30.3 Å². The predicted molar refractivity (Wildman–Crippen MR) is 104 cm³/mol. The Bertz CT molecular complexity index is 1010. The molecule has 0 aliphatic carbocycles. The van der Waals surface area contributed by atoms with Gasteiger partial charge in [0.1, 0.15) is 6.04 Å². The van der Waals surface area contributed by atoms with Crippen molar-refractivity contribution in [3.63, 3.8) is 0 Å². The maximum Gasteiger partial charge on any atom is 0.329 e. The van der Waals surface area contributed by atoms with Gasteiger partial charge in [-0.2, -0.15) is 0 Å². The summed E-state index contributed by atoms with van der Waals surface area (Å²) in [5.41, 5.74) is 0.788. The molecule has 30 heavy (non-hydrogen) atoms. The maximum absolute atomic E-state index is 12.5. The van der Waals surface area contributed by atoms with Crippen LogP contribution in [0, 0.1) is 0 Å². The molecule has 0 fully saturated rings. The van der Waals surface area contributed by atoms with Crippen molar-refractivity contribution < 1.29 is 33.4 Å². The van der Waals surface area contributed by atoms with Gasteiger partial charge in [-0.25, -0.2) is 4.79 Å². The molecule has 2 aliphatic rings. The molecule has 2 aromatic carbocycles. The smallest absolute Gasteiger partial charge is 0.329 e. The molecule has 0 bridgehead atoms. The van der Waals surface area contributed by atoms with Crippen LogP contribution in [-0.2, 0) is 9.53 Å². The fourth-order valence-electron chi connectivity index (χ4n) is 3.34. The molecule has 0 saturated carbocycles. The first-order valence-electron chi connectivity index (χ1n) is 9.54. The normalized spacial score (nSPS) is 16.0. The highest BCUT2D eigenvalue weighted by Crippen LogP contribution is 2.30. The number of carbonyl (C=O) groups is 4. The lowest BCUT2D eigenvalue weighted by Gasteiger charge is -2.20. The number of amides is 2. The van der Waals surface area contributed by atoms with Crippen LogP contribution in [0.15, 0.2) is 42.5 Å². The lowest BCUT2D eigenvalue weighted by Crippen LogP contribution is -2.44. The number of esters is 1. The van der Waals surface area contributed by atoms with E-state index in [0.29, 0.717) is 30.3 Å². The summed E-state index contributed by atoms with van der Waals surface area (Å²) in [6, 6.07) is 9.94. The van der Waals surface area contributed by atoms with Gasteiger partial charge in [0.05, 0.1) is 24.3 Å². The first-order chi connectivity index (χ1) is 14.5. The molecule has 4 rings (SSSR count). The molecule has 0 radical (unpaired) electrons. The van der Waals surface area contributed by atoms with Crippen LogP contribution in [0.1, 0.15) is 44.4 Å². The fourth-order valence-corrected chi connectivity index (χ4v) is 3.34. The largest absolute Gasteiger partial charge is 0.490 e. The molecule has 8 nitrogen and oxygen atoms in total. The van der Waals surface area contributed by atoms with Crippen LogP contribution in [0.25, 0.3) is 0 Å². The van der Waals surface area contributed by atoms with Gasteiger partial charge in [-0.1, -0.05) is 12.1 Å². The molecule has 8 heteroatoms. The van der Waals surface area contributed by atoms with E-state index in [0.717, 1.165) is 11.3 Å². The van der Waals surface area contributed by atoms with E-state index in [1.165, 1.54) is 19.1 Å². The summed E-state index contributed by atoms with van der Waals surface area (Å²) in [5.74, 6) is -1.38. The predicted octanol–water partition coefficient (Wildman–Crippen LogP) is 2.26. The first kappa shape index (κ1) is 19.6. The van der Waals surface area contributed by atoms with Crippen LogP contribution < -0.4 is 9.47 Å². The zero-order valence-electron chi connectivity index (χ0n) is 16.3. The van der Waals surface area contributed by atoms with Gasteiger partial charge in [-0.3, -0.25) is 19.3 Å². The molecule has 0 unspecified atom stereocenters. The molecular formula is C22H19NO7. The van der Waals surface area contributed by atoms with E-state index in [-0.39, 0.29) is 11.1 Å². The monoisotopic (exact) mass is 409 g/mol. The molecule has 0 aromatic heterocycles. The highest BCUT2D eigenvalue weighted by molar-refractivity contribution is 6.22. The molecule has 2 heterocycles. The van der Waals surface area contributed by atoms with Gasteiger partial charge in [0, 0.05) is 12.0 Å². The van der Waals surface area contributed by atoms with Gasteiger partial charge in [0.2, 0.25) is 0 Å². The summed E-state index contributed by atoms with van der Waals surface area (Å²) in [4.78, 5) is 50.7. The van der Waals surface area contributed by atoms with Gasteiger partial charge in [0.15, 0.2) is 23.9 Å². The van der Waals surface area contributed by atoms with Gasteiger partial charge in [-0.15, -0.1) is 0 Å². The highest BCUT2D eigenvalue weighted by Gasteiger charge is 2.41. The van der Waals surface area contributed by atoms with Crippen molar-refractivity contribution in [3.05, 3.63) is 59.2 Å². The van der Waals surface area contributed by atoms with Crippen molar-refractivity contribution >= 4 is 23.6 Å². The Balaban J connectivity index is 1.40. The topological polar surface area (TPSA) is 99.2 Å². The summed E-state index contributed by atoms with van der Waals surface area (Å²) in [6.07, 6.45) is 0.741. The third-order valence-corrected chi connectivity index (χ3v) is 4.97. The Morgan fingerprint density at radius 1 is 1.00 bits per heavy atom. The Kier molecular flexibility index (Phi) is 5.22. The van der Waals surface area contributed by atoms with E-state index >= 15 is 0 Å². The molecule has 0 N–H and O–H groups in total.